The molecule has 0 spiro atoms. The van der Waals surface area contributed by atoms with Gasteiger partial charge >= 0.3 is 0 Å². The molecular formula is C15H24N2O. The van der Waals surface area contributed by atoms with Crippen LogP contribution in [0.1, 0.15) is 44.9 Å². The highest BCUT2D eigenvalue weighted by Gasteiger charge is 2.55. The minimum Gasteiger partial charge on any atom is -0.496 e. The molecule has 4 bridgehead atoms. The molecule has 0 aromatic heterocycles. The van der Waals surface area contributed by atoms with E-state index >= 15 is 0 Å². The summed E-state index contributed by atoms with van der Waals surface area (Å²) in [7, 11) is 0. The lowest BCUT2D eigenvalue weighted by Crippen LogP contribution is -2.58. The molecule has 0 saturated heterocycles. The van der Waals surface area contributed by atoms with Gasteiger partial charge in [0.2, 0.25) is 0 Å². The molecule has 3 N–H and O–H groups in total. The Morgan fingerprint density at radius 2 is 1.78 bits per heavy atom. The van der Waals surface area contributed by atoms with E-state index in [1.807, 2.05) is 0 Å². The molecule has 3 nitrogen and oxygen atoms in total. The number of nitrogens with one attached hydrogen (secondary N) is 1. The predicted molar refractivity (Wildman–Crippen MR) is 70.4 cm³/mol. The van der Waals surface area contributed by atoms with Crippen LogP contribution >= 0.6 is 0 Å². The molecule has 5 rings (SSSR count). The van der Waals surface area contributed by atoms with E-state index in [0.717, 1.165) is 36.5 Å². The number of rotatable bonds is 3. The van der Waals surface area contributed by atoms with Crippen LogP contribution in [-0.4, -0.2) is 12.6 Å². The van der Waals surface area contributed by atoms with Crippen molar-refractivity contribution in [1.29, 1.82) is 0 Å². The number of hydrogen-bond acceptors (Lipinski definition) is 3. The monoisotopic (exact) mass is 248 g/mol. The summed E-state index contributed by atoms with van der Waals surface area (Å²) in [5.41, 5.74) is 3.51. The molecule has 1 aliphatic heterocycles. The maximum Gasteiger partial charge on any atom is 0.111 e. The predicted octanol–water partition coefficient (Wildman–Crippen LogP) is 2.34. The fourth-order valence-corrected chi connectivity index (χ4v) is 5.73. The van der Waals surface area contributed by atoms with Crippen molar-refractivity contribution in [3.05, 3.63) is 11.8 Å². The highest BCUT2D eigenvalue weighted by Crippen LogP contribution is 2.62. The van der Waals surface area contributed by atoms with Gasteiger partial charge in [0.05, 0.1) is 12.6 Å². The van der Waals surface area contributed by atoms with Crippen molar-refractivity contribution >= 4 is 0 Å². The molecular weight excluding hydrogens is 224 g/mol. The van der Waals surface area contributed by atoms with Gasteiger partial charge in [0, 0.05) is 6.42 Å². The quantitative estimate of drug-likeness (QED) is 0.595. The molecule has 0 radical (unpaired) electrons. The van der Waals surface area contributed by atoms with E-state index in [1.54, 1.807) is 0 Å². The molecule has 0 aromatic rings. The lowest BCUT2D eigenvalue weighted by molar-refractivity contribution is -0.0745. The first kappa shape index (κ1) is 11.3. The van der Waals surface area contributed by atoms with Gasteiger partial charge in [0.1, 0.15) is 5.76 Å². The van der Waals surface area contributed by atoms with Gasteiger partial charge in [-0.05, 0) is 67.8 Å². The van der Waals surface area contributed by atoms with Gasteiger partial charge in [-0.1, -0.05) is 0 Å². The maximum absolute atomic E-state index is 5.90. The highest BCUT2D eigenvalue weighted by molar-refractivity contribution is 5.17. The van der Waals surface area contributed by atoms with Crippen molar-refractivity contribution in [3.8, 4) is 0 Å². The smallest absolute Gasteiger partial charge is 0.111 e. The number of nitrogens with two attached hydrogens (primary N) is 1. The molecule has 4 saturated carbocycles. The number of ether oxygens (including phenoxy) is 1. The van der Waals surface area contributed by atoms with Crippen molar-refractivity contribution in [2.24, 2.45) is 29.0 Å². The minimum atomic E-state index is 0.272. The Bertz CT molecular complexity index is 341. The molecule has 5 aliphatic rings. The van der Waals surface area contributed by atoms with Crippen molar-refractivity contribution in [1.82, 2.24) is 5.43 Å². The van der Waals surface area contributed by atoms with Crippen molar-refractivity contribution in [2.75, 3.05) is 6.61 Å². The van der Waals surface area contributed by atoms with E-state index < -0.39 is 0 Å². The largest absolute Gasteiger partial charge is 0.496 e. The summed E-state index contributed by atoms with van der Waals surface area (Å²) in [5, 5.41) is 0. The summed E-state index contributed by atoms with van der Waals surface area (Å²) in [4.78, 5) is 0. The van der Waals surface area contributed by atoms with E-state index in [-0.39, 0.29) is 6.04 Å². The maximum atomic E-state index is 5.90. The SMILES string of the molecule is NNC(C1=CCCO1)C12CC3CC(CC(C3)C1)C2. The zero-order chi connectivity index (χ0) is 12.2. The van der Waals surface area contributed by atoms with E-state index in [9.17, 15) is 0 Å². The Morgan fingerprint density at radius 1 is 1.17 bits per heavy atom. The van der Waals surface area contributed by atoms with Gasteiger partial charge in [-0.3, -0.25) is 5.84 Å². The standard InChI is InChI=1S/C15H24N2O/c16-17-14(13-2-1-3-18-13)15-7-10-4-11(8-15)6-12(5-10)9-15/h2,10-12,14,17H,1,3-9,16H2. The third kappa shape index (κ3) is 1.56. The van der Waals surface area contributed by atoms with Crippen LogP contribution in [0.3, 0.4) is 0 Å². The lowest BCUT2D eigenvalue weighted by atomic mass is 9.47. The molecule has 100 valence electrons. The van der Waals surface area contributed by atoms with E-state index in [4.69, 9.17) is 10.6 Å². The Kier molecular flexibility index (Phi) is 2.50. The molecule has 4 aliphatic carbocycles. The van der Waals surface area contributed by atoms with Crippen LogP contribution in [0.15, 0.2) is 11.8 Å². The lowest BCUT2D eigenvalue weighted by Gasteiger charge is -2.59. The van der Waals surface area contributed by atoms with Crippen molar-refractivity contribution in [3.63, 3.8) is 0 Å². The summed E-state index contributed by atoms with van der Waals surface area (Å²) in [5.74, 6) is 9.94. The summed E-state index contributed by atoms with van der Waals surface area (Å²) < 4.78 is 5.81. The molecule has 1 atom stereocenters. The minimum absolute atomic E-state index is 0.272. The first-order chi connectivity index (χ1) is 8.79. The zero-order valence-corrected chi connectivity index (χ0v) is 11.0. The Balaban J connectivity index is 1.65. The topological polar surface area (TPSA) is 47.3 Å². The van der Waals surface area contributed by atoms with Crippen LogP contribution in [0.5, 0.6) is 0 Å². The summed E-state index contributed by atoms with van der Waals surface area (Å²) in [6, 6.07) is 0.272. The Morgan fingerprint density at radius 3 is 2.22 bits per heavy atom. The average Bonchev–Trinajstić information content (AvgIpc) is 2.81. The second kappa shape index (κ2) is 3.97. The van der Waals surface area contributed by atoms with Crippen LogP contribution in [0.25, 0.3) is 0 Å². The molecule has 18 heavy (non-hydrogen) atoms. The normalized spacial score (nSPS) is 46.9. The molecule has 1 unspecified atom stereocenters. The summed E-state index contributed by atoms with van der Waals surface area (Å²) in [6.07, 6.45) is 11.9. The van der Waals surface area contributed by atoms with Gasteiger partial charge in [0.25, 0.3) is 0 Å². The fraction of sp³-hybridized carbons (Fsp3) is 0.867. The van der Waals surface area contributed by atoms with Crippen LogP contribution in [-0.2, 0) is 4.74 Å². The van der Waals surface area contributed by atoms with Crippen molar-refractivity contribution in [2.45, 2.75) is 51.0 Å². The number of hydrogen-bond donors (Lipinski definition) is 2. The van der Waals surface area contributed by atoms with E-state index in [0.29, 0.717) is 5.41 Å². The summed E-state index contributed by atoms with van der Waals surface area (Å²) >= 11 is 0. The Hall–Kier alpha value is -0.540. The second-order valence-electron chi connectivity index (χ2n) is 7.12. The molecule has 0 aromatic carbocycles. The van der Waals surface area contributed by atoms with Crippen LogP contribution in [0, 0.1) is 23.2 Å². The third-order valence-corrected chi connectivity index (χ3v) is 5.88. The van der Waals surface area contributed by atoms with Gasteiger partial charge in [-0.15, -0.1) is 0 Å². The first-order valence-corrected chi connectivity index (χ1v) is 7.58. The molecule has 3 heteroatoms. The molecule has 0 amide bonds. The summed E-state index contributed by atoms with van der Waals surface area (Å²) in [6.45, 7) is 0.847. The molecule has 4 fully saturated rings. The number of hydrazine groups is 1. The van der Waals surface area contributed by atoms with Gasteiger partial charge in [-0.25, -0.2) is 5.43 Å². The zero-order valence-electron chi connectivity index (χ0n) is 11.0. The van der Waals surface area contributed by atoms with Crippen molar-refractivity contribution < 1.29 is 4.74 Å². The van der Waals surface area contributed by atoms with Gasteiger partial charge < -0.3 is 4.74 Å². The van der Waals surface area contributed by atoms with Crippen LogP contribution < -0.4 is 11.3 Å². The van der Waals surface area contributed by atoms with Gasteiger partial charge in [0.15, 0.2) is 0 Å². The average molecular weight is 248 g/mol. The first-order valence-electron chi connectivity index (χ1n) is 7.58. The fourth-order valence-electron chi connectivity index (χ4n) is 5.73. The van der Waals surface area contributed by atoms with Crippen LogP contribution in [0.2, 0.25) is 0 Å². The van der Waals surface area contributed by atoms with E-state index in [2.05, 4.69) is 11.5 Å². The second-order valence-corrected chi connectivity index (χ2v) is 7.12. The van der Waals surface area contributed by atoms with Crippen LogP contribution in [0.4, 0.5) is 0 Å². The highest BCUT2D eigenvalue weighted by atomic mass is 16.5. The third-order valence-electron chi connectivity index (χ3n) is 5.88. The molecule has 1 heterocycles. The van der Waals surface area contributed by atoms with Gasteiger partial charge in [-0.2, -0.15) is 0 Å². The Labute approximate surface area is 109 Å². The van der Waals surface area contributed by atoms with E-state index in [1.165, 1.54) is 38.5 Å².